The third-order valence-corrected chi connectivity index (χ3v) is 4.73. The van der Waals surface area contributed by atoms with Gasteiger partial charge in [-0.15, -0.1) is 0 Å². The lowest BCUT2D eigenvalue weighted by atomic mass is 10.0. The van der Waals surface area contributed by atoms with Crippen LogP contribution in [0.15, 0.2) is 18.2 Å². The van der Waals surface area contributed by atoms with Gasteiger partial charge in [-0.25, -0.2) is 0 Å². The van der Waals surface area contributed by atoms with E-state index in [-0.39, 0.29) is 13.0 Å². The Balaban J connectivity index is 2.50. The van der Waals surface area contributed by atoms with E-state index >= 15 is 0 Å². The molecule has 1 aromatic heterocycles. The van der Waals surface area contributed by atoms with Crippen LogP contribution in [0.1, 0.15) is 29.3 Å². The predicted octanol–water partition coefficient (Wildman–Crippen LogP) is 1.96. The van der Waals surface area contributed by atoms with E-state index < -0.39 is 25.8 Å². The van der Waals surface area contributed by atoms with Crippen LogP contribution in [-0.4, -0.2) is 33.4 Å². The van der Waals surface area contributed by atoms with E-state index in [0.29, 0.717) is 16.8 Å². The van der Waals surface area contributed by atoms with Crippen LogP contribution >= 0.6 is 7.60 Å². The molecule has 0 spiro atoms. The van der Waals surface area contributed by atoms with E-state index in [1.807, 2.05) is 26.0 Å². The van der Waals surface area contributed by atoms with Crippen molar-refractivity contribution < 1.29 is 23.9 Å². The summed E-state index contributed by atoms with van der Waals surface area (Å²) in [6.45, 7) is 5.82. The lowest BCUT2D eigenvalue weighted by molar-refractivity contribution is -0.144. The molecule has 0 aliphatic rings. The molecular weight excluding hydrogens is 343 g/mol. The summed E-state index contributed by atoms with van der Waals surface area (Å²) in [4.78, 5) is 35.0. The molecule has 2 rings (SSSR count). The molecule has 136 valence electrons. The highest BCUT2D eigenvalue weighted by atomic mass is 31.2. The van der Waals surface area contributed by atoms with Crippen LogP contribution in [-0.2, 0) is 26.7 Å². The van der Waals surface area contributed by atoms with Gasteiger partial charge in [0, 0.05) is 17.5 Å². The second-order valence-electron chi connectivity index (χ2n) is 6.11. The highest BCUT2D eigenvalue weighted by Crippen LogP contribution is 2.40. The van der Waals surface area contributed by atoms with Crippen LogP contribution in [0.2, 0.25) is 0 Å². The predicted molar refractivity (Wildman–Crippen MR) is 95.3 cm³/mol. The summed E-state index contributed by atoms with van der Waals surface area (Å²) in [5.74, 6) is -0.563. The van der Waals surface area contributed by atoms with Crippen molar-refractivity contribution in [3.8, 4) is 0 Å². The molecule has 0 amide bonds. The van der Waals surface area contributed by atoms with Crippen LogP contribution in [0.4, 0.5) is 0 Å². The summed E-state index contributed by atoms with van der Waals surface area (Å²) >= 11 is 0. The lowest BCUT2D eigenvalue weighted by Crippen LogP contribution is -2.35. The monoisotopic (exact) mass is 366 g/mol. The molecule has 0 saturated carbocycles. The van der Waals surface area contributed by atoms with Crippen molar-refractivity contribution in [1.29, 1.82) is 0 Å². The molecule has 0 aliphatic carbocycles. The minimum absolute atomic E-state index is 0.0526. The van der Waals surface area contributed by atoms with E-state index in [2.05, 4.69) is 4.98 Å². The quantitative estimate of drug-likeness (QED) is 0.527. The number of nitrogens with two attached hydrogens (primary N) is 1. The number of nitrogens with zero attached hydrogens (tertiary/aromatic N) is 1. The van der Waals surface area contributed by atoms with E-state index in [1.165, 1.54) is 0 Å². The minimum atomic E-state index is -4.29. The second-order valence-corrected chi connectivity index (χ2v) is 7.75. The molecule has 1 atom stereocenters. The van der Waals surface area contributed by atoms with E-state index in [4.69, 9.17) is 10.5 Å². The summed E-state index contributed by atoms with van der Waals surface area (Å²) in [6.07, 6.45) is -0.398. The number of carbonyl (C=O) groups excluding carboxylic acids is 1. The number of pyridine rings is 1. The van der Waals surface area contributed by atoms with Gasteiger partial charge in [-0.2, -0.15) is 0 Å². The van der Waals surface area contributed by atoms with Crippen molar-refractivity contribution in [3.63, 3.8) is 0 Å². The molecule has 0 saturated heterocycles. The number of aryl methyl sites for hydroxylation is 2. The van der Waals surface area contributed by atoms with Gasteiger partial charge in [0.25, 0.3) is 0 Å². The van der Waals surface area contributed by atoms with E-state index in [0.717, 1.165) is 16.5 Å². The van der Waals surface area contributed by atoms with Gasteiger partial charge in [0.15, 0.2) is 0 Å². The fourth-order valence-corrected chi connectivity index (χ4v) is 3.32. The first-order valence-corrected chi connectivity index (χ1v) is 9.77. The Morgan fingerprint density at radius 1 is 1.28 bits per heavy atom. The molecule has 1 heterocycles. The molecule has 25 heavy (non-hydrogen) atoms. The van der Waals surface area contributed by atoms with Crippen LogP contribution in [0.3, 0.4) is 0 Å². The molecule has 0 fully saturated rings. The Morgan fingerprint density at radius 3 is 2.52 bits per heavy atom. The molecule has 0 bridgehead atoms. The number of fused-ring (bicyclic) bond motifs is 1. The fraction of sp³-hybridized carbons (Fsp3) is 0.412. The second kappa shape index (κ2) is 7.62. The first kappa shape index (κ1) is 19.5. The topological polar surface area (TPSA) is 123 Å². The van der Waals surface area contributed by atoms with Crippen molar-refractivity contribution in [1.82, 2.24) is 4.98 Å². The first-order valence-electron chi connectivity index (χ1n) is 7.97. The molecular formula is C17H23N2O5P. The Labute approximate surface area is 146 Å². The SMILES string of the molecule is CCOC(=O)[C@H](N)Cc1nc2cc(C)c(C)cc2cc1CP(=O)(O)O. The smallest absolute Gasteiger partial charge is 0.329 e. The number of benzene rings is 1. The van der Waals surface area contributed by atoms with Crippen molar-refractivity contribution in [2.24, 2.45) is 5.73 Å². The van der Waals surface area contributed by atoms with Crippen molar-refractivity contribution in [2.75, 3.05) is 6.61 Å². The number of hydrogen-bond donors (Lipinski definition) is 3. The van der Waals surface area contributed by atoms with Gasteiger partial charge in [0.2, 0.25) is 0 Å². The minimum Gasteiger partial charge on any atom is -0.465 e. The van der Waals surface area contributed by atoms with Crippen LogP contribution in [0.5, 0.6) is 0 Å². The average Bonchev–Trinajstić information content (AvgIpc) is 2.48. The van der Waals surface area contributed by atoms with Gasteiger partial charge in [-0.1, -0.05) is 0 Å². The normalized spacial score (nSPS) is 13.0. The van der Waals surface area contributed by atoms with Crippen molar-refractivity contribution >= 4 is 24.5 Å². The summed E-state index contributed by atoms with van der Waals surface area (Å²) < 4.78 is 16.4. The zero-order valence-electron chi connectivity index (χ0n) is 14.5. The molecule has 8 heteroatoms. The summed E-state index contributed by atoms with van der Waals surface area (Å²) in [5.41, 5.74) is 9.47. The van der Waals surface area contributed by atoms with Gasteiger partial charge < -0.3 is 20.3 Å². The Morgan fingerprint density at radius 2 is 1.92 bits per heavy atom. The van der Waals surface area contributed by atoms with Crippen LogP contribution < -0.4 is 5.73 Å². The van der Waals surface area contributed by atoms with Gasteiger partial charge in [-0.05, 0) is 55.7 Å². The van der Waals surface area contributed by atoms with E-state index in [1.54, 1.807) is 13.0 Å². The van der Waals surface area contributed by atoms with Crippen molar-refractivity contribution in [3.05, 3.63) is 40.6 Å². The maximum atomic E-state index is 11.8. The molecule has 0 aliphatic heterocycles. The average molecular weight is 366 g/mol. The Hall–Kier alpha value is -1.79. The third kappa shape index (κ3) is 5.09. The van der Waals surface area contributed by atoms with Gasteiger partial charge >= 0.3 is 13.6 Å². The number of hydrogen-bond acceptors (Lipinski definition) is 5. The standard InChI is InChI=1S/C17H23N2O5P/c1-4-24-17(20)14(18)8-16-13(9-25(21,22)23)7-12-5-10(2)11(3)6-15(12)19-16/h5-7,14H,4,8-9,18H2,1-3H3,(H2,21,22,23)/t14-/m1/s1. The van der Waals surface area contributed by atoms with Crippen LogP contribution in [0, 0.1) is 13.8 Å². The fourth-order valence-electron chi connectivity index (χ4n) is 2.60. The van der Waals surface area contributed by atoms with Gasteiger partial charge in [0.1, 0.15) is 6.04 Å². The number of rotatable bonds is 6. The number of aromatic nitrogens is 1. The third-order valence-electron chi connectivity index (χ3n) is 3.98. The molecule has 2 aromatic rings. The Bertz CT molecular complexity index is 847. The number of carbonyl (C=O) groups is 1. The van der Waals surface area contributed by atoms with Gasteiger partial charge in [-0.3, -0.25) is 14.3 Å². The Kier molecular flexibility index (Phi) is 5.95. The molecule has 7 nitrogen and oxygen atoms in total. The number of esters is 1. The molecule has 0 unspecified atom stereocenters. The van der Waals surface area contributed by atoms with Crippen molar-refractivity contribution in [2.45, 2.75) is 39.4 Å². The summed E-state index contributed by atoms with van der Waals surface area (Å²) in [7, 11) is -4.29. The van der Waals surface area contributed by atoms with E-state index in [9.17, 15) is 19.1 Å². The first-order chi connectivity index (χ1) is 11.6. The summed E-state index contributed by atoms with van der Waals surface area (Å²) in [5, 5.41) is 0.792. The molecule has 0 radical (unpaired) electrons. The molecule has 1 aromatic carbocycles. The zero-order chi connectivity index (χ0) is 18.8. The lowest BCUT2D eigenvalue weighted by Gasteiger charge is -2.15. The van der Waals surface area contributed by atoms with Crippen LogP contribution in [0.25, 0.3) is 10.9 Å². The maximum Gasteiger partial charge on any atom is 0.329 e. The molecule has 4 N–H and O–H groups in total. The highest BCUT2D eigenvalue weighted by Gasteiger charge is 2.22. The maximum absolute atomic E-state index is 11.8. The zero-order valence-corrected chi connectivity index (χ0v) is 15.4. The number of ether oxygens (including phenoxy) is 1. The summed E-state index contributed by atoms with van der Waals surface area (Å²) in [6, 6.07) is 4.61. The largest absolute Gasteiger partial charge is 0.465 e. The highest BCUT2D eigenvalue weighted by molar-refractivity contribution is 7.50. The van der Waals surface area contributed by atoms with Gasteiger partial charge in [0.05, 0.1) is 18.3 Å².